The first-order valence-electron chi connectivity index (χ1n) is 20.6. The molecule has 0 fully saturated rings. The quantitative estimate of drug-likeness (QED) is 0.158. The smallest absolute Gasteiger partial charge is 0.164 e. The van der Waals surface area contributed by atoms with Crippen molar-refractivity contribution in [3.05, 3.63) is 212 Å². The zero-order chi connectivity index (χ0) is 40.3. The first-order valence-corrected chi connectivity index (χ1v) is 20.6. The Morgan fingerprint density at radius 3 is 1.54 bits per heavy atom. The Hall–Kier alpha value is -8.28. The molecule has 12 aromatic rings. The van der Waals surface area contributed by atoms with Crippen LogP contribution in [0.15, 0.2) is 212 Å². The molecule has 0 unspecified atom stereocenters. The fourth-order valence-corrected chi connectivity index (χ4v) is 8.91. The number of para-hydroxylation sites is 2. The minimum atomic E-state index is 0.640. The zero-order valence-electron chi connectivity index (χ0n) is 32.9. The fourth-order valence-electron chi connectivity index (χ4n) is 8.91. The first kappa shape index (κ1) is 34.7. The average molecular weight is 778 g/mol. The molecule has 0 N–H and O–H groups in total. The Kier molecular flexibility index (Phi) is 8.10. The molecule has 61 heavy (non-hydrogen) atoms. The molecule has 0 amide bonds. The molecule has 12 rings (SSSR count). The topological polar surface area (TPSA) is 56.5 Å². The van der Waals surface area contributed by atoms with Crippen LogP contribution in [-0.2, 0) is 0 Å². The third-order valence-electron chi connectivity index (χ3n) is 11.8. The van der Waals surface area contributed by atoms with Crippen molar-refractivity contribution in [2.24, 2.45) is 0 Å². The maximum absolute atomic E-state index is 5.29. The summed E-state index contributed by atoms with van der Waals surface area (Å²) in [5.41, 5.74) is 11.7. The highest BCUT2D eigenvalue weighted by Gasteiger charge is 2.20. The van der Waals surface area contributed by atoms with Crippen molar-refractivity contribution >= 4 is 54.3 Å². The molecule has 5 heteroatoms. The molecule has 0 saturated heterocycles. The van der Waals surface area contributed by atoms with Crippen LogP contribution in [0.25, 0.3) is 116 Å². The van der Waals surface area contributed by atoms with Gasteiger partial charge < -0.3 is 4.57 Å². The monoisotopic (exact) mass is 777 g/mol. The van der Waals surface area contributed by atoms with Crippen molar-refractivity contribution in [2.75, 3.05) is 0 Å². The van der Waals surface area contributed by atoms with Gasteiger partial charge in [-0.1, -0.05) is 164 Å². The van der Waals surface area contributed by atoms with E-state index in [2.05, 4.69) is 156 Å². The van der Waals surface area contributed by atoms with E-state index in [0.29, 0.717) is 17.5 Å². The Morgan fingerprint density at radius 1 is 0.311 bits per heavy atom. The summed E-state index contributed by atoms with van der Waals surface area (Å²) in [5, 5.41) is 8.10. The highest BCUT2D eigenvalue weighted by molar-refractivity contribution is 6.23. The van der Waals surface area contributed by atoms with Gasteiger partial charge in [-0.15, -0.1) is 0 Å². The van der Waals surface area contributed by atoms with Crippen molar-refractivity contribution < 1.29 is 0 Å². The second kappa shape index (κ2) is 14.2. The summed E-state index contributed by atoms with van der Waals surface area (Å²) in [5.74, 6) is 1.94. The summed E-state index contributed by atoms with van der Waals surface area (Å²) in [6, 6.07) is 74.7. The van der Waals surface area contributed by atoms with Crippen LogP contribution >= 0.6 is 0 Å². The van der Waals surface area contributed by atoms with Crippen LogP contribution in [0.3, 0.4) is 0 Å². The molecule has 3 aromatic heterocycles. The molecular formula is C56H35N5. The largest absolute Gasteiger partial charge is 0.309 e. The lowest BCUT2D eigenvalue weighted by Crippen LogP contribution is -2.00. The molecular weight excluding hydrogens is 743 g/mol. The number of benzene rings is 9. The summed E-state index contributed by atoms with van der Waals surface area (Å²) in [6.07, 6.45) is 0. The summed E-state index contributed by atoms with van der Waals surface area (Å²) in [7, 11) is 0. The Morgan fingerprint density at radius 2 is 0.869 bits per heavy atom. The minimum Gasteiger partial charge on any atom is -0.309 e. The van der Waals surface area contributed by atoms with Gasteiger partial charge in [-0.3, -0.25) is 0 Å². The van der Waals surface area contributed by atoms with Crippen molar-refractivity contribution in [3.8, 4) is 62.2 Å². The predicted molar refractivity (Wildman–Crippen MR) is 252 cm³/mol. The summed E-state index contributed by atoms with van der Waals surface area (Å²) < 4.78 is 2.42. The van der Waals surface area contributed by atoms with E-state index < -0.39 is 0 Å². The highest BCUT2D eigenvalue weighted by atomic mass is 15.0. The summed E-state index contributed by atoms with van der Waals surface area (Å²) in [6.45, 7) is 0. The number of fused-ring (bicyclic) bond motifs is 7. The molecule has 0 atom stereocenters. The number of hydrogen-bond donors (Lipinski definition) is 0. The zero-order valence-corrected chi connectivity index (χ0v) is 32.9. The molecule has 0 aliphatic heterocycles. The molecule has 5 nitrogen and oxygen atoms in total. The van der Waals surface area contributed by atoms with Gasteiger partial charge in [-0.05, 0) is 75.8 Å². The maximum atomic E-state index is 5.29. The van der Waals surface area contributed by atoms with E-state index in [1.54, 1.807) is 0 Å². The van der Waals surface area contributed by atoms with Crippen LogP contribution in [-0.4, -0.2) is 24.5 Å². The van der Waals surface area contributed by atoms with Gasteiger partial charge >= 0.3 is 0 Å². The van der Waals surface area contributed by atoms with Crippen LogP contribution < -0.4 is 0 Å². The molecule has 0 aliphatic carbocycles. The SMILES string of the molecule is c1ccc(-c2nc(-c3ccccc3)nc(-c3ccc4cc(-c5cccc6c5c5cc7c(-c8ccccc8)nc8ccccc8c7cc5n6-c5ccccc5)ccc4c3)n2)cc1. The van der Waals surface area contributed by atoms with Gasteiger partial charge in [0.2, 0.25) is 0 Å². The fraction of sp³-hybridized carbons (Fsp3) is 0. The molecule has 0 radical (unpaired) electrons. The summed E-state index contributed by atoms with van der Waals surface area (Å²) in [4.78, 5) is 20.2. The number of nitrogens with zero attached hydrogens (tertiary/aromatic N) is 5. The Bertz CT molecular complexity index is 3560. The van der Waals surface area contributed by atoms with E-state index in [4.69, 9.17) is 19.9 Å². The predicted octanol–water partition coefficient (Wildman–Crippen LogP) is 14.2. The van der Waals surface area contributed by atoms with Gasteiger partial charge in [0, 0.05) is 49.5 Å². The average Bonchev–Trinajstić information content (AvgIpc) is 3.67. The lowest BCUT2D eigenvalue weighted by Gasteiger charge is -2.12. The lowest BCUT2D eigenvalue weighted by molar-refractivity contribution is 1.07. The van der Waals surface area contributed by atoms with E-state index in [9.17, 15) is 0 Å². The van der Waals surface area contributed by atoms with Gasteiger partial charge in [-0.25, -0.2) is 19.9 Å². The van der Waals surface area contributed by atoms with Gasteiger partial charge in [0.1, 0.15) is 0 Å². The maximum Gasteiger partial charge on any atom is 0.164 e. The van der Waals surface area contributed by atoms with Gasteiger partial charge in [0.25, 0.3) is 0 Å². The van der Waals surface area contributed by atoms with E-state index in [1.807, 2.05) is 60.7 Å². The van der Waals surface area contributed by atoms with Gasteiger partial charge in [0.15, 0.2) is 17.5 Å². The Balaban J connectivity index is 1.05. The third kappa shape index (κ3) is 5.94. The normalized spacial score (nSPS) is 11.6. The highest BCUT2D eigenvalue weighted by Crippen LogP contribution is 2.43. The summed E-state index contributed by atoms with van der Waals surface area (Å²) >= 11 is 0. The number of aromatic nitrogens is 5. The second-order valence-electron chi connectivity index (χ2n) is 15.4. The van der Waals surface area contributed by atoms with E-state index in [0.717, 1.165) is 77.3 Å². The lowest BCUT2D eigenvalue weighted by atomic mass is 9.94. The molecule has 0 bridgehead atoms. The van der Waals surface area contributed by atoms with E-state index >= 15 is 0 Å². The van der Waals surface area contributed by atoms with Crippen molar-refractivity contribution in [3.63, 3.8) is 0 Å². The minimum absolute atomic E-state index is 0.640. The first-order chi connectivity index (χ1) is 30.2. The van der Waals surface area contributed by atoms with Crippen molar-refractivity contribution in [1.82, 2.24) is 24.5 Å². The third-order valence-corrected chi connectivity index (χ3v) is 11.8. The molecule has 9 aromatic carbocycles. The van der Waals surface area contributed by atoms with Crippen LogP contribution in [0.2, 0.25) is 0 Å². The van der Waals surface area contributed by atoms with Crippen LogP contribution in [0.4, 0.5) is 0 Å². The van der Waals surface area contributed by atoms with Crippen LogP contribution in [0.1, 0.15) is 0 Å². The van der Waals surface area contributed by atoms with Crippen molar-refractivity contribution in [1.29, 1.82) is 0 Å². The van der Waals surface area contributed by atoms with Crippen molar-refractivity contribution in [2.45, 2.75) is 0 Å². The van der Waals surface area contributed by atoms with E-state index in [-0.39, 0.29) is 0 Å². The van der Waals surface area contributed by atoms with Crippen LogP contribution in [0, 0.1) is 0 Å². The standard InChI is InChI=1S/C56H35N5/c1-5-16-36(17-6-1)53-47-34-48-51(35-46(47)45-24-13-14-26-49(45)57-53)61(43-22-11-4-12-23-43)50-27-15-25-44(52(48)50)41-30-28-40-33-42(31-29-39(40)32-41)56-59-54(37-18-7-2-8-19-37)58-55(60-56)38-20-9-3-10-21-38/h1-35H. The van der Waals surface area contributed by atoms with Crippen LogP contribution in [0.5, 0.6) is 0 Å². The number of rotatable bonds is 6. The Labute approximate surface area is 351 Å². The molecule has 3 heterocycles. The van der Waals surface area contributed by atoms with Gasteiger partial charge in [0.05, 0.1) is 22.2 Å². The second-order valence-corrected chi connectivity index (χ2v) is 15.4. The number of hydrogen-bond acceptors (Lipinski definition) is 4. The number of pyridine rings is 1. The molecule has 0 aliphatic rings. The molecule has 0 spiro atoms. The van der Waals surface area contributed by atoms with Gasteiger partial charge in [-0.2, -0.15) is 0 Å². The molecule has 284 valence electrons. The molecule has 0 saturated carbocycles. The van der Waals surface area contributed by atoms with E-state index in [1.165, 1.54) is 21.7 Å².